The summed E-state index contributed by atoms with van der Waals surface area (Å²) in [5.74, 6) is -0.0237. The molecule has 2 aliphatic heterocycles. The van der Waals surface area contributed by atoms with E-state index < -0.39 is 17.7 Å². The fraction of sp³-hybridized carbons (Fsp3) is 0.571. The van der Waals surface area contributed by atoms with Gasteiger partial charge in [0.25, 0.3) is 0 Å². The maximum absolute atomic E-state index is 13.6. The van der Waals surface area contributed by atoms with Crippen LogP contribution in [0.3, 0.4) is 0 Å². The molecule has 2 atom stereocenters. The van der Waals surface area contributed by atoms with Crippen LogP contribution in [0.25, 0.3) is 0 Å². The number of ether oxygens (including phenoxy) is 1. The maximum atomic E-state index is 13.6. The molecule has 3 heterocycles. The summed E-state index contributed by atoms with van der Waals surface area (Å²) in [5, 5.41) is 9.38. The number of fused-ring (bicyclic) bond motifs is 1. The molecule has 1 saturated heterocycles. The lowest BCUT2D eigenvalue weighted by Gasteiger charge is -2.25. The number of alkyl halides is 1. The summed E-state index contributed by atoms with van der Waals surface area (Å²) in [7, 11) is 0. The van der Waals surface area contributed by atoms with Crippen molar-refractivity contribution in [3.8, 4) is 0 Å². The smallest absolute Gasteiger partial charge is 0.343 e. The van der Waals surface area contributed by atoms with Crippen LogP contribution in [-0.2, 0) is 10.3 Å². The van der Waals surface area contributed by atoms with Crippen LogP contribution >= 0.6 is 0 Å². The van der Waals surface area contributed by atoms with Gasteiger partial charge in [-0.15, -0.1) is 0 Å². The molecule has 1 N–H and O–H groups in total. The standard InChI is InChI=1S/C14H17FN2O3/c1-14(2)10-3-4-16-12(11(10)13(19)20-14)17-6-8(15)5-9(17)7-18/h3-4,8-9,18H,5-7H2,1-2H3/t8-,9-/m0/s1. The molecule has 0 aromatic carbocycles. The highest BCUT2D eigenvalue weighted by Crippen LogP contribution is 2.40. The van der Waals surface area contributed by atoms with Gasteiger partial charge in [0.1, 0.15) is 23.2 Å². The van der Waals surface area contributed by atoms with Gasteiger partial charge in [0.2, 0.25) is 0 Å². The number of carbonyl (C=O) groups excluding carboxylic acids is 1. The van der Waals surface area contributed by atoms with E-state index in [1.807, 2.05) is 13.8 Å². The Labute approximate surface area is 116 Å². The van der Waals surface area contributed by atoms with Gasteiger partial charge in [0.05, 0.1) is 19.2 Å². The molecule has 3 rings (SSSR count). The first-order chi connectivity index (χ1) is 9.44. The van der Waals surface area contributed by atoms with Gasteiger partial charge in [-0.05, 0) is 19.9 Å². The van der Waals surface area contributed by atoms with E-state index in [-0.39, 0.29) is 25.6 Å². The molecule has 0 radical (unpaired) electrons. The SMILES string of the molecule is CC1(C)OC(=O)c2c1ccnc2N1C[C@@H](F)C[C@H]1CO. The van der Waals surface area contributed by atoms with Gasteiger partial charge in [-0.25, -0.2) is 14.2 Å². The van der Waals surface area contributed by atoms with Crippen molar-refractivity contribution < 1.29 is 19.0 Å². The number of hydrogen-bond acceptors (Lipinski definition) is 5. The number of esters is 1. The van der Waals surface area contributed by atoms with E-state index in [0.717, 1.165) is 5.56 Å². The lowest BCUT2D eigenvalue weighted by Crippen LogP contribution is -2.34. The predicted octanol–water partition coefficient (Wildman–Crippen LogP) is 1.40. The first-order valence-electron chi connectivity index (χ1n) is 6.68. The van der Waals surface area contributed by atoms with Gasteiger partial charge in [0, 0.05) is 18.2 Å². The van der Waals surface area contributed by atoms with Crippen molar-refractivity contribution in [2.45, 2.75) is 38.1 Å². The van der Waals surface area contributed by atoms with Crippen LogP contribution in [0.4, 0.5) is 10.2 Å². The first kappa shape index (κ1) is 13.3. The van der Waals surface area contributed by atoms with Crippen LogP contribution in [0.1, 0.15) is 36.2 Å². The quantitative estimate of drug-likeness (QED) is 0.830. The molecule has 0 bridgehead atoms. The van der Waals surface area contributed by atoms with Crippen LogP contribution in [0, 0.1) is 0 Å². The zero-order valence-corrected chi connectivity index (χ0v) is 11.5. The molecule has 1 aromatic rings. The van der Waals surface area contributed by atoms with Crippen molar-refractivity contribution in [2.24, 2.45) is 0 Å². The number of aliphatic hydroxyl groups is 1. The molecule has 108 valence electrons. The monoisotopic (exact) mass is 280 g/mol. The highest BCUT2D eigenvalue weighted by atomic mass is 19.1. The summed E-state index contributed by atoms with van der Waals surface area (Å²) >= 11 is 0. The molecule has 20 heavy (non-hydrogen) atoms. The van der Waals surface area contributed by atoms with Crippen LogP contribution in [0.15, 0.2) is 12.3 Å². The summed E-state index contributed by atoms with van der Waals surface area (Å²) < 4.78 is 19.0. The van der Waals surface area contributed by atoms with Crippen LogP contribution < -0.4 is 4.90 Å². The average Bonchev–Trinajstić information content (AvgIpc) is 2.88. The van der Waals surface area contributed by atoms with E-state index in [1.165, 1.54) is 0 Å². The summed E-state index contributed by atoms with van der Waals surface area (Å²) in [5.41, 5.74) is 0.449. The van der Waals surface area contributed by atoms with Crippen molar-refractivity contribution in [3.05, 3.63) is 23.4 Å². The molecule has 0 amide bonds. The van der Waals surface area contributed by atoms with Crippen LogP contribution in [0.2, 0.25) is 0 Å². The molecule has 0 spiro atoms. The minimum Gasteiger partial charge on any atom is -0.451 e. The molecule has 1 fully saturated rings. The summed E-state index contributed by atoms with van der Waals surface area (Å²) in [6.07, 6.45) is 0.827. The Balaban J connectivity index is 2.09. The van der Waals surface area contributed by atoms with Crippen molar-refractivity contribution in [2.75, 3.05) is 18.1 Å². The molecule has 0 saturated carbocycles. The van der Waals surface area contributed by atoms with Gasteiger partial charge < -0.3 is 14.7 Å². The molecule has 1 aromatic heterocycles. The van der Waals surface area contributed by atoms with Gasteiger partial charge in [-0.1, -0.05) is 0 Å². The minimum absolute atomic E-state index is 0.141. The number of pyridine rings is 1. The average molecular weight is 280 g/mol. The van der Waals surface area contributed by atoms with Crippen LogP contribution in [-0.4, -0.2) is 41.4 Å². The number of cyclic esters (lactones) is 1. The van der Waals surface area contributed by atoms with Gasteiger partial charge >= 0.3 is 5.97 Å². The number of hydrogen-bond donors (Lipinski definition) is 1. The third-order valence-corrected chi connectivity index (χ3v) is 3.98. The fourth-order valence-corrected chi connectivity index (χ4v) is 3.00. The number of aromatic nitrogens is 1. The minimum atomic E-state index is -1.02. The third kappa shape index (κ3) is 1.86. The molecular weight excluding hydrogens is 263 g/mol. The van der Waals surface area contributed by atoms with Crippen molar-refractivity contribution in [1.29, 1.82) is 0 Å². The number of aliphatic hydroxyl groups excluding tert-OH is 1. The molecule has 6 heteroatoms. The Kier molecular flexibility index (Phi) is 2.93. The molecule has 2 aliphatic rings. The number of anilines is 1. The van der Waals surface area contributed by atoms with Crippen molar-refractivity contribution in [3.63, 3.8) is 0 Å². The number of carbonyl (C=O) groups is 1. The van der Waals surface area contributed by atoms with E-state index >= 15 is 0 Å². The normalized spacial score (nSPS) is 27.6. The second-order valence-corrected chi connectivity index (χ2v) is 5.78. The van der Waals surface area contributed by atoms with Crippen molar-refractivity contribution >= 4 is 11.8 Å². The fourth-order valence-electron chi connectivity index (χ4n) is 3.00. The molecule has 5 nitrogen and oxygen atoms in total. The number of nitrogens with zero attached hydrogens (tertiary/aromatic N) is 2. The van der Waals surface area contributed by atoms with E-state index in [0.29, 0.717) is 11.4 Å². The van der Waals surface area contributed by atoms with E-state index in [4.69, 9.17) is 4.74 Å². The summed E-state index contributed by atoms with van der Waals surface area (Å²) in [6.45, 7) is 3.60. The van der Waals surface area contributed by atoms with Gasteiger partial charge in [-0.2, -0.15) is 0 Å². The van der Waals surface area contributed by atoms with E-state index in [9.17, 15) is 14.3 Å². The Morgan fingerprint density at radius 2 is 2.35 bits per heavy atom. The first-order valence-corrected chi connectivity index (χ1v) is 6.68. The molecule has 0 aliphatic carbocycles. The van der Waals surface area contributed by atoms with E-state index in [1.54, 1.807) is 17.2 Å². The zero-order chi connectivity index (χ0) is 14.5. The zero-order valence-electron chi connectivity index (χ0n) is 11.5. The summed E-state index contributed by atoms with van der Waals surface area (Å²) in [6, 6.07) is 1.40. The Bertz CT molecular complexity index is 561. The number of rotatable bonds is 2. The topological polar surface area (TPSA) is 62.7 Å². The second-order valence-electron chi connectivity index (χ2n) is 5.78. The third-order valence-electron chi connectivity index (χ3n) is 3.98. The predicted molar refractivity (Wildman–Crippen MR) is 70.4 cm³/mol. The van der Waals surface area contributed by atoms with Crippen LogP contribution in [0.5, 0.6) is 0 Å². The highest BCUT2D eigenvalue weighted by molar-refractivity contribution is 5.99. The largest absolute Gasteiger partial charge is 0.451 e. The Hall–Kier alpha value is -1.69. The second kappa shape index (κ2) is 4.41. The Morgan fingerprint density at radius 1 is 1.60 bits per heavy atom. The summed E-state index contributed by atoms with van der Waals surface area (Å²) in [4.78, 5) is 18.0. The van der Waals surface area contributed by atoms with Gasteiger partial charge in [-0.3, -0.25) is 0 Å². The van der Waals surface area contributed by atoms with Gasteiger partial charge in [0.15, 0.2) is 0 Å². The van der Waals surface area contributed by atoms with E-state index in [2.05, 4.69) is 4.98 Å². The molecular formula is C14H17FN2O3. The van der Waals surface area contributed by atoms with Crippen molar-refractivity contribution in [1.82, 2.24) is 4.98 Å². The maximum Gasteiger partial charge on any atom is 0.343 e. The highest BCUT2D eigenvalue weighted by Gasteiger charge is 2.43. The lowest BCUT2D eigenvalue weighted by molar-refractivity contribution is 0.00956. The lowest BCUT2D eigenvalue weighted by atomic mass is 9.97. The Morgan fingerprint density at radius 3 is 3.05 bits per heavy atom. The number of halogens is 1. The molecule has 0 unspecified atom stereocenters.